The Morgan fingerprint density at radius 3 is 2.30 bits per heavy atom. The molecule has 0 spiro atoms. The molecule has 0 radical (unpaired) electrons. The van der Waals surface area contributed by atoms with Gasteiger partial charge in [-0.15, -0.1) is 5.10 Å². The van der Waals surface area contributed by atoms with Gasteiger partial charge >= 0.3 is 0 Å². The zero-order valence-corrected chi connectivity index (χ0v) is 18.1. The number of hydrogen-bond donors (Lipinski definition) is 1. The second-order valence-electron chi connectivity index (χ2n) is 6.28. The van der Waals surface area contributed by atoms with E-state index in [2.05, 4.69) is 20.8 Å². The van der Waals surface area contributed by atoms with Crippen molar-refractivity contribution in [1.29, 1.82) is 0 Å². The minimum Gasteiger partial charge on any atom is -0.345 e. The molecule has 3 rings (SSSR count). The average Bonchev–Trinajstić information content (AvgIpc) is 3.22. The van der Waals surface area contributed by atoms with Gasteiger partial charge < -0.3 is 5.32 Å². The van der Waals surface area contributed by atoms with Crippen molar-refractivity contribution in [2.24, 2.45) is 0 Å². The summed E-state index contributed by atoms with van der Waals surface area (Å²) in [5.41, 5.74) is 1.04. The van der Waals surface area contributed by atoms with E-state index in [-0.39, 0.29) is 17.3 Å². The predicted molar refractivity (Wildman–Crippen MR) is 112 cm³/mol. The van der Waals surface area contributed by atoms with Crippen molar-refractivity contribution in [2.75, 3.05) is 13.1 Å². The van der Waals surface area contributed by atoms with Crippen LogP contribution in [-0.4, -0.2) is 51.9 Å². The number of nitrogens with zero attached hydrogens (tertiary/aromatic N) is 5. The fourth-order valence-electron chi connectivity index (χ4n) is 2.85. The number of sulfonamides is 1. The van der Waals surface area contributed by atoms with Gasteiger partial charge in [-0.3, -0.25) is 4.79 Å². The van der Waals surface area contributed by atoms with Crippen LogP contribution >= 0.6 is 11.6 Å². The summed E-state index contributed by atoms with van der Waals surface area (Å²) in [7, 11) is -3.57. The SMILES string of the molecule is CCN(CC)S(=O)(=O)c1ccc(C(=O)NCc2nnnn2-c2ccc(Cl)cc2)cc1. The summed E-state index contributed by atoms with van der Waals surface area (Å²) in [4.78, 5) is 12.6. The van der Waals surface area contributed by atoms with Crippen LogP contribution in [0.3, 0.4) is 0 Å². The summed E-state index contributed by atoms with van der Waals surface area (Å²) >= 11 is 5.90. The van der Waals surface area contributed by atoms with Gasteiger partial charge in [0.05, 0.1) is 17.1 Å². The van der Waals surface area contributed by atoms with E-state index >= 15 is 0 Å². The molecule has 1 N–H and O–H groups in total. The van der Waals surface area contributed by atoms with Gasteiger partial charge in [0.15, 0.2) is 5.82 Å². The maximum absolute atomic E-state index is 12.5. The zero-order chi connectivity index (χ0) is 21.7. The van der Waals surface area contributed by atoms with E-state index in [1.165, 1.54) is 33.3 Å². The molecule has 9 nitrogen and oxygen atoms in total. The molecule has 0 bridgehead atoms. The van der Waals surface area contributed by atoms with Crippen molar-refractivity contribution in [1.82, 2.24) is 29.8 Å². The third-order valence-corrected chi connectivity index (χ3v) is 6.79. The number of amides is 1. The van der Waals surface area contributed by atoms with Gasteiger partial charge in [-0.2, -0.15) is 8.99 Å². The van der Waals surface area contributed by atoms with Gasteiger partial charge in [0.2, 0.25) is 10.0 Å². The Labute approximate surface area is 179 Å². The Morgan fingerprint density at radius 1 is 1.07 bits per heavy atom. The largest absolute Gasteiger partial charge is 0.345 e. The highest BCUT2D eigenvalue weighted by Crippen LogP contribution is 2.17. The molecule has 0 atom stereocenters. The summed E-state index contributed by atoms with van der Waals surface area (Å²) in [6.07, 6.45) is 0. The molecule has 0 unspecified atom stereocenters. The van der Waals surface area contributed by atoms with Gasteiger partial charge in [-0.25, -0.2) is 8.42 Å². The lowest BCUT2D eigenvalue weighted by Crippen LogP contribution is -2.30. The second kappa shape index (κ2) is 9.33. The molecule has 30 heavy (non-hydrogen) atoms. The molecule has 158 valence electrons. The first kappa shape index (κ1) is 21.9. The van der Waals surface area contributed by atoms with Gasteiger partial charge in [0.1, 0.15) is 0 Å². The first-order valence-electron chi connectivity index (χ1n) is 9.28. The van der Waals surface area contributed by atoms with Crippen molar-refractivity contribution in [3.63, 3.8) is 0 Å². The van der Waals surface area contributed by atoms with E-state index < -0.39 is 10.0 Å². The molecule has 0 aliphatic carbocycles. The van der Waals surface area contributed by atoms with Gasteiger partial charge in [-0.05, 0) is 59.0 Å². The van der Waals surface area contributed by atoms with Crippen LogP contribution in [0.4, 0.5) is 0 Å². The maximum Gasteiger partial charge on any atom is 0.251 e. The Balaban J connectivity index is 1.69. The van der Waals surface area contributed by atoms with Crippen molar-refractivity contribution in [3.8, 4) is 5.69 Å². The standard InChI is InChI=1S/C19H21ClN6O3S/c1-3-25(4-2)30(28,29)17-11-5-14(6-12-17)19(27)21-13-18-22-23-24-26(18)16-9-7-15(20)8-10-16/h5-12H,3-4,13H2,1-2H3,(H,21,27). The Kier molecular flexibility index (Phi) is 6.80. The molecule has 1 heterocycles. The first-order chi connectivity index (χ1) is 14.4. The average molecular weight is 449 g/mol. The highest BCUT2D eigenvalue weighted by molar-refractivity contribution is 7.89. The van der Waals surface area contributed by atoms with Crippen LogP contribution in [0.5, 0.6) is 0 Å². The quantitative estimate of drug-likeness (QED) is 0.566. The minimum absolute atomic E-state index is 0.0912. The zero-order valence-electron chi connectivity index (χ0n) is 16.5. The van der Waals surface area contributed by atoms with Gasteiger partial charge in [0, 0.05) is 23.7 Å². The Bertz CT molecular complexity index is 1110. The Hall–Kier alpha value is -2.82. The molecule has 3 aromatic rings. The van der Waals surface area contributed by atoms with Crippen LogP contribution in [0.1, 0.15) is 30.0 Å². The van der Waals surface area contributed by atoms with Crippen molar-refractivity contribution in [2.45, 2.75) is 25.3 Å². The molecule has 1 aromatic heterocycles. The number of halogens is 1. The van der Waals surface area contributed by atoms with Crippen LogP contribution in [0.25, 0.3) is 5.69 Å². The highest BCUT2D eigenvalue weighted by Gasteiger charge is 2.21. The molecule has 11 heteroatoms. The van der Waals surface area contributed by atoms with Crippen molar-refractivity contribution < 1.29 is 13.2 Å². The lowest BCUT2D eigenvalue weighted by atomic mass is 10.2. The molecule has 0 aliphatic rings. The smallest absolute Gasteiger partial charge is 0.251 e. The van der Waals surface area contributed by atoms with Crippen LogP contribution in [0.2, 0.25) is 5.02 Å². The van der Waals surface area contributed by atoms with Gasteiger partial charge in [-0.1, -0.05) is 25.4 Å². The van der Waals surface area contributed by atoms with Crippen molar-refractivity contribution in [3.05, 3.63) is 64.9 Å². The number of tetrazole rings is 1. The number of carbonyl (C=O) groups excluding carboxylic acids is 1. The fourth-order valence-corrected chi connectivity index (χ4v) is 4.44. The number of aromatic nitrogens is 4. The number of rotatable bonds is 8. The minimum atomic E-state index is -3.57. The predicted octanol–water partition coefficient (Wildman–Crippen LogP) is 2.28. The number of carbonyl (C=O) groups is 1. The third kappa shape index (κ3) is 4.66. The molecule has 0 saturated carbocycles. The summed E-state index contributed by atoms with van der Waals surface area (Å²) in [5.74, 6) is 0.0684. The van der Waals surface area contributed by atoms with E-state index in [9.17, 15) is 13.2 Å². The fraction of sp³-hybridized carbons (Fsp3) is 0.263. The summed E-state index contributed by atoms with van der Waals surface area (Å²) in [6, 6.07) is 12.8. The topological polar surface area (TPSA) is 110 Å². The molecular formula is C19H21ClN6O3S. The molecule has 1 amide bonds. The number of nitrogens with one attached hydrogen (secondary N) is 1. The van der Waals surface area contributed by atoms with Gasteiger partial charge in [0.25, 0.3) is 5.91 Å². The lowest BCUT2D eigenvalue weighted by Gasteiger charge is -2.18. The molecule has 0 fully saturated rings. The summed E-state index contributed by atoms with van der Waals surface area (Å²) in [5, 5.41) is 14.8. The third-order valence-electron chi connectivity index (χ3n) is 4.47. The first-order valence-corrected chi connectivity index (χ1v) is 11.1. The summed E-state index contributed by atoms with van der Waals surface area (Å²) < 4.78 is 27.9. The second-order valence-corrected chi connectivity index (χ2v) is 8.65. The normalized spacial score (nSPS) is 11.6. The van der Waals surface area contributed by atoms with E-state index in [4.69, 9.17) is 11.6 Å². The molecule has 2 aromatic carbocycles. The maximum atomic E-state index is 12.5. The van der Waals surface area contributed by atoms with E-state index in [0.29, 0.717) is 35.2 Å². The van der Waals surface area contributed by atoms with Crippen molar-refractivity contribution >= 4 is 27.5 Å². The van der Waals surface area contributed by atoms with E-state index in [1.807, 2.05) is 0 Å². The van der Waals surface area contributed by atoms with Crippen LogP contribution < -0.4 is 5.32 Å². The number of benzene rings is 2. The monoisotopic (exact) mass is 448 g/mol. The number of hydrogen-bond acceptors (Lipinski definition) is 6. The van der Waals surface area contributed by atoms with Crippen LogP contribution in [-0.2, 0) is 16.6 Å². The highest BCUT2D eigenvalue weighted by atomic mass is 35.5. The van der Waals surface area contributed by atoms with E-state index in [1.54, 1.807) is 38.1 Å². The van der Waals surface area contributed by atoms with Crippen LogP contribution in [0, 0.1) is 0 Å². The summed E-state index contributed by atoms with van der Waals surface area (Å²) in [6.45, 7) is 4.40. The van der Waals surface area contributed by atoms with Crippen LogP contribution in [0.15, 0.2) is 53.4 Å². The molecular weight excluding hydrogens is 428 g/mol. The van der Waals surface area contributed by atoms with E-state index in [0.717, 1.165) is 0 Å². The molecule has 0 saturated heterocycles. The lowest BCUT2D eigenvalue weighted by molar-refractivity contribution is 0.0949. The Morgan fingerprint density at radius 2 is 1.70 bits per heavy atom. The molecule has 0 aliphatic heterocycles.